The molecule has 3 aromatic carbocycles. The van der Waals surface area contributed by atoms with E-state index in [4.69, 9.17) is 27.9 Å². The van der Waals surface area contributed by atoms with Gasteiger partial charge in [0.15, 0.2) is 0 Å². The Bertz CT molecular complexity index is 1260. The van der Waals surface area contributed by atoms with Gasteiger partial charge in [0.2, 0.25) is 0 Å². The van der Waals surface area contributed by atoms with Gasteiger partial charge in [-0.3, -0.25) is 4.31 Å². The Labute approximate surface area is 198 Å². The summed E-state index contributed by atoms with van der Waals surface area (Å²) in [4.78, 5) is 12.6. The number of nitrogens with zero attached hydrogens (tertiary/aromatic N) is 1. The van der Waals surface area contributed by atoms with Crippen LogP contribution in [0.5, 0.6) is 5.75 Å². The quantitative estimate of drug-likeness (QED) is 0.292. The van der Waals surface area contributed by atoms with Gasteiger partial charge in [-0.15, -0.1) is 0 Å². The number of anilines is 1. The molecule has 0 N–H and O–H groups in total. The summed E-state index contributed by atoms with van der Waals surface area (Å²) in [6, 6.07) is 16.1. The summed E-state index contributed by atoms with van der Waals surface area (Å²) in [6.45, 7) is 5.93. The molecular formula is C24H23Cl2NO4S. The number of hydrogen-bond donors (Lipinski definition) is 0. The summed E-state index contributed by atoms with van der Waals surface area (Å²) < 4.78 is 33.1. The molecule has 0 radical (unpaired) electrons. The Morgan fingerprint density at radius 1 is 0.969 bits per heavy atom. The van der Waals surface area contributed by atoms with Gasteiger partial charge in [0, 0.05) is 12.1 Å². The van der Waals surface area contributed by atoms with Crippen LogP contribution in [0.2, 0.25) is 10.0 Å². The molecule has 0 saturated carbocycles. The second-order valence-electron chi connectivity index (χ2n) is 7.66. The number of halogens is 2. The highest BCUT2D eigenvalue weighted by atomic mass is 35.5. The van der Waals surface area contributed by atoms with Crippen molar-refractivity contribution in [3.63, 3.8) is 0 Å². The zero-order chi connectivity index (χ0) is 23.6. The van der Waals surface area contributed by atoms with Crippen LogP contribution in [0.3, 0.4) is 0 Å². The topological polar surface area (TPSA) is 63.7 Å². The first-order valence-corrected chi connectivity index (χ1v) is 12.1. The van der Waals surface area contributed by atoms with Crippen molar-refractivity contribution < 1.29 is 17.9 Å². The third-order valence-corrected chi connectivity index (χ3v) is 7.60. The fraction of sp³-hybridized carbons (Fsp3) is 0.208. The smallest absolute Gasteiger partial charge is 0.343 e. The van der Waals surface area contributed by atoms with E-state index < -0.39 is 16.0 Å². The lowest BCUT2D eigenvalue weighted by Crippen LogP contribution is -2.27. The average molecular weight is 492 g/mol. The van der Waals surface area contributed by atoms with Gasteiger partial charge in [0.25, 0.3) is 10.0 Å². The first-order valence-electron chi connectivity index (χ1n) is 9.87. The van der Waals surface area contributed by atoms with Crippen LogP contribution >= 0.6 is 23.2 Å². The van der Waals surface area contributed by atoms with E-state index in [1.165, 1.54) is 25.2 Å². The minimum absolute atomic E-state index is 0.000323. The maximum Gasteiger partial charge on any atom is 0.343 e. The molecule has 3 rings (SSSR count). The van der Waals surface area contributed by atoms with Crippen molar-refractivity contribution in [3.8, 4) is 5.75 Å². The molecule has 0 aliphatic carbocycles. The van der Waals surface area contributed by atoms with Gasteiger partial charge in [0.1, 0.15) is 10.6 Å². The third kappa shape index (κ3) is 5.09. The summed E-state index contributed by atoms with van der Waals surface area (Å²) in [5.41, 5.74) is 2.31. The number of sulfonamides is 1. The number of hydrogen-bond acceptors (Lipinski definition) is 4. The molecule has 32 heavy (non-hydrogen) atoms. The summed E-state index contributed by atoms with van der Waals surface area (Å²) in [5.74, 6) is 0.0267. The second kappa shape index (κ2) is 9.53. The van der Waals surface area contributed by atoms with E-state index in [0.717, 1.165) is 15.4 Å². The van der Waals surface area contributed by atoms with Crippen molar-refractivity contribution in [2.24, 2.45) is 0 Å². The molecule has 8 heteroatoms. The van der Waals surface area contributed by atoms with E-state index in [-0.39, 0.29) is 21.4 Å². The Balaban J connectivity index is 1.94. The zero-order valence-electron chi connectivity index (χ0n) is 18.1. The van der Waals surface area contributed by atoms with Gasteiger partial charge in [-0.1, -0.05) is 49.2 Å². The van der Waals surface area contributed by atoms with E-state index in [0.29, 0.717) is 16.5 Å². The predicted octanol–water partition coefficient (Wildman–Crippen LogP) is 6.47. The van der Waals surface area contributed by atoms with Crippen LogP contribution in [0.25, 0.3) is 0 Å². The molecule has 0 aliphatic rings. The fourth-order valence-electron chi connectivity index (χ4n) is 3.01. The standard InChI is InChI=1S/C24H23Cl2NO4S/c1-15(2)17-6-5-16(3)22(13-17)31-24(28)18-7-12-21(26)23(14-18)32(29,30)27(4)20-10-8-19(25)9-11-20/h5-15H,1-4H3. The summed E-state index contributed by atoms with van der Waals surface area (Å²) in [5, 5.41) is 0.486. The van der Waals surface area contributed by atoms with Crippen molar-refractivity contribution >= 4 is 44.9 Å². The minimum atomic E-state index is -4.04. The first kappa shape index (κ1) is 24.1. The molecular weight excluding hydrogens is 469 g/mol. The van der Waals surface area contributed by atoms with E-state index in [1.807, 2.05) is 39.0 Å². The van der Waals surface area contributed by atoms with Gasteiger partial charge >= 0.3 is 5.97 Å². The molecule has 0 bridgehead atoms. The highest BCUT2D eigenvalue weighted by Crippen LogP contribution is 2.30. The summed E-state index contributed by atoms with van der Waals surface area (Å²) in [7, 11) is -2.64. The molecule has 0 fully saturated rings. The second-order valence-corrected chi connectivity index (χ2v) is 10.4. The van der Waals surface area contributed by atoms with E-state index in [9.17, 15) is 13.2 Å². The lowest BCUT2D eigenvalue weighted by molar-refractivity contribution is 0.0733. The van der Waals surface area contributed by atoms with Crippen LogP contribution in [0.4, 0.5) is 5.69 Å². The van der Waals surface area contributed by atoms with Crippen molar-refractivity contribution in [1.29, 1.82) is 0 Å². The summed E-state index contributed by atoms with van der Waals surface area (Å²) in [6.07, 6.45) is 0. The molecule has 0 aliphatic heterocycles. The number of carbonyl (C=O) groups excluding carboxylic acids is 1. The number of rotatable bonds is 6. The Morgan fingerprint density at radius 3 is 2.25 bits per heavy atom. The van der Waals surface area contributed by atoms with Crippen LogP contribution in [0, 0.1) is 6.92 Å². The van der Waals surface area contributed by atoms with Gasteiger partial charge in [-0.2, -0.15) is 0 Å². The maximum atomic E-state index is 13.2. The largest absolute Gasteiger partial charge is 0.423 e. The Morgan fingerprint density at radius 2 is 1.62 bits per heavy atom. The molecule has 5 nitrogen and oxygen atoms in total. The molecule has 0 aromatic heterocycles. The van der Waals surface area contributed by atoms with E-state index in [1.54, 1.807) is 24.3 Å². The molecule has 0 amide bonds. The Kier molecular flexibility index (Phi) is 7.18. The van der Waals surface area contributed by atoms with Crippen molar-refractivity contribution in [3.05, 3.63) is 87.4 Å². The maximum absolute atomic E-state index is 13.2. The molecule has 0 heterocycles. The van der Waals surface area contributed by atoms with Crippen molar-refractivity contribution in [2.75, 3.05) is 11.4 Å². The molecule has 0 saturated heterocycles. The minimum Gasteiger partial charge on any atom is -0.423 e. The average Bonchev–Trinajstić information content (AvgIpc) is 2.75. The molecule has 0 unspecified atom stereocenters. The number of esters is 1. The van der Waals surface area contributed by atoms with Gasteiger partial charge < -0.3 is 4.74 Å². The van der Waals surface area contributed by atoms with Crippen LogP contribution in [0.1, 0.15) is 41.3 Å². The van der Waals surface area contributed by atoms with Gasteiger partial charge in [0.05, 0.1) is 16.3 Å². The molecule has 3 aromatic rings. The van der Waals surface area contributed by atoms with E-state index in [2.05, 4.69) is 0 Å². The fourth-order valence-corrected chi connectivity index (χ4v) is 4.83. The highest BCUT2D eigenvalue weighted by molar-refractivity contribution is 7.93. The molecule has 168 valence electrons. The first-order chi connectivity index (χ1) is 15.0. The van der Waals surface area contributed by atoms with Crippen molar-refractivity contribution in [2.45, 2.75) is 31.6 Å². The van der Waals surface area contributed by atoms with Crippen LogP contribution < -0.4 is 9.04 Å². The third-order valence-electron chi connectivity index (χ3n) is 5.08. The molecule has 0 atom stereocenters. The normalized spacial score (nSPS) is 11.5. The number of carbonyl (C=O) groups is 1. The van der Waals surface area contributed by atoms with Crippen molar-refractivity contribution in [1.82, 2.24) is 0 Å². The highest BCUT2D eigenvalue weighted by Gasteiger charge is 2.26. The predicted molar refractivity (Wildman–Crippen MR) is 129 cm³/mol. The lowest BCUT2D eigenvalue weighted by Gasteiger charge is -2.20. The van der Waals surface area contributed by atoms with Crippen LogP contribution in [-0.2, 0) is 10.0 Å². The SMILES string of the molecule is Cc1ccc(C(C)C)cc1OC(=O)c1ccc(Cl)c(S(=O)(=O)N(C)c2ccc(Cl)cc2)c1. The number of aryl methyl sites for hydroxylation is 1. The van der Waals surface area contributed by atoms with Gasteiger partial charge in [-0.05, 0) is 72.5 Å². The number of benzene rings is 3. The van der Waals surface area contributed by atoms with Gasteiger partial charge in [-0.25, -0.2) is 13.2 Å². The van der Waals surface area contributed by atoms with E-state index >= 15 is 0 Å². The lowest BCUT2D eigenvalue weighted by atomic mass is 10.0. The summed E-state index contributed by atoms with van der Waals surface area (Å²) >= 11 is 12.1. The van der Waals surface area contributed by atoms with Crippen LogP contribution in [-0.4, -0.2) is 21.4 Å². The zero-order valence-corrected chi connectivity index (χ0v) is 20.4. The molecule has 0 spiro atoms. The number of ether oxygens (including phenoxy) is 1. The van der Waals surface area contributed by atoms with Crippen LogP contribution in [0.15, 0.2) is 65.6 Å². The monoisotopic (exact) mass is 491 g/mol. The Hall–Kier alpha value is -2.54.